The monoisotopic (exact) mass is 296 g/mol. The topological polar surface area (TPSA) is 41.4 Å². The Morgan fingerprint density at radius 1 is 1.09 bits per heavy atom. The van der Waals surface area contributed by atoms with E-state index < -0.39 is 0 Å². The first-order chi connectivity index (χ1) is 10.8. The molecule has 5 nitrogen and oxygen atoms in total. The van der Waals surface area contributed by atoms with E-state index in [0.717, 1.165) is 31.9 Å². The lowest BCUT2D eigenvalue weighted by atomic mass is 10.0. The lowest BCUT2D eigenvalue weighted by Crippen LogP contribution is -2.49. The first-order valence-corrected chi connectivity index (χ1v) is 7.86. The largest absolute Gasteiger partial charge is 0.312 e. The Hall–Kier alpha value is -2.14. The van der Waals surface area contributed by atoms with Crippen molar-refractivity contribution in [2.45, 2.75) is 12.5 Å². The molecule has 114 valence electrons. The zero-order valence-corrected chi connectivity index (χ0v) is 12.5. The van der Waals surface area contributed by atoms with Gasteiger partial charge in [-0.2, -0.15) is 5.10 Å². The Morgan fingerprint density at radius 2 is 1.91 bits per heavy atom. The van der Waals surface area contributed by atoms with Gasteiger partial charge in [-0.15, -0.1) is 0 Å². The maximum Gasteiger partial charge on any atom is 0.227 e. The van der Waals surface area contributed by atoms with Gasteiger partial charge in [0.25, 0.3) is 0 Å². The van der Waals surface area contributed by atoms with Crippen LogP contribution in [0.15, 0.2) is 48.8 Å². The molecule has 0 saturated carbocycles. The first-order valence-electron chi connectivity index (χ1n) is 7.86. The molecule has 0 N–H and O–H groups in total. The van der Waals surface area contributed by atoms with E-state index in [4.69, 9.17) is 0 Å². The number of benzene rings is 1. The van der Waals surface area contributed by atoms with Crippen LogP contribution in [-0.2, 0) is 4.79 Å². The molecule has 4 rings (SSSR count). The molecule has 0 spiro atoms. The molecule has 0 unspecified atom stereocenters. The minimum atomic E-state index is 0.250. The summed E-state index contributed by atoms with van der Waals surface area (Å²) in [6.07, 6.45) is 4.52. The van der Waals surface area contributed by atoms with Crippen molar-refractivity contribution in [3.8, 4) is 0 Å². The number of likely N-dealkylation sites (tertiary alicyclic amines) is 1. The summed E-state index contributed by atoms with van der Waals surface area (Å²) in [6, 6.07) is 12.4. The molecule has 0 aliphatic carbocycles. The molecule has 3 heterocycles. The summed E-state index contributed by atoms with van der Waals surface area (Å²) in [5.41, 5.74) is 1.02. The standard InChI is InChI=1S/C17H20N4O/c22-17-9-14(11-20(17)15-5-2-1-3-6-15)10-19-12-16(13-19)21-8-4-7-18-21/h1-8,14,16H,9-13H2/t14-/m0/s1. The summed E-state index contributed by atoms with van der Waals surface area (Å²) in [6.45, 7) is 3.92. The first kappa shape index (κ1) is 13.5. The third-order valence-electron chi connectivity index (χ3n) is 4.63. The normalized spacial score (nSPS) is 23.0. The van der Waals surface area contributed by atoms with E-state index in [1.165, 1.54) is 0 Å². The van der Waals surface area contributed by atoms with Crippen LogP contribution in [0.5, 0.6) is 0 Å². The average Bonchev–Trinajstić information content (AvgIpc) is 3.13. The summed E-state index contributed by atoms with van der Waals surface area (Å²) in [5.74, 6) is 0.687. The van der Waals surface area contributed by atoms with Crippen molar-refractivity contribution in [1.82, 2.24) is 14.7 Å². The van der Waals surface area contributed by atoms with E-state index in [1.807, 2.05) is 58.4 Å². The van der Waals surface area contributed by atoms with Crippen molar-refractivity contribution in [1.29, 1.82) is 0 Å². The third-order valence-corrected chi connectivity index (χ3v) is 4.63. The number of hydrogen-bond acceptors (Lipinski definition) is 3. The lowest BCUT2D eigenvalue weighted by molar-refractivity contribution is -0.117. The highest BCUT2D eigenvalue weighted by Crippen LogP contribution is 2.28. The summed E-state index contributed by atoms with van der Waals surface area (Å²) >= 11 is 0. The van der Waals surface area contributed by atoms with Crippen LogP contribution < -0.4 is 4.90 Å². The van der Waals surface area contributed by atoms with Crippen LogP contribution in [0.4, 0.5) is 5.69 Å². The Morgan fingerprint density at radius 3 is 2.64 bits per heavy atom. The highest BCUT2D eigenvalue weighted by atomic mass is 16.2. The number of carbonyl (C=O) groups excluding carboxylic acids is 1. The fraction of sp³-hybridized carbons (Fsp3) is 0.412. The lowest BCUT2D eigenvalue weighted by Gasteiger charge is -2.40. The second-order valence-corrected chi connectivity index (χ2v) is 6.27. The summed E-state index contributed by atoms with van der Waals surface area (Å²) in [4.78, 5) is 16.6. The maximum atomic E-state index is 12.2. The van der Waals surface area contributed by atoms with Gasteiger partial charge in [0.1, 0.15) is 0 Å². The maximum absolute atomic E-state index is 12.2. The van der Waals surface area contributed by atoms with Crippen molar-refractivity contribution in [3.63, 3.8) is 0 Å². The smallest absolute Gasteiger partial charge is 0.227 e. The number of rotatable bonds is 4. The Kier molecular flexibility index (Phi) is 3.42. The number of anilines is 1. The Bertz CT molecular complexity index is 634. The van der Waals surface area contributed by atoms with E-state index in [1.54, 1.807) is 0 Å². The van der Waals surface area contributed by atoms with E-state index in [-0.39, 0.29) is 5.91 Å². The minimum Gasteiger partial charge on any atom is -0.312 e. The van der Waals surface area contributed by atoms with Gasteiger partial charge in [-0.1, -0.05) is 18.2 Å². The van der Waals surface area contributed by atoms with Gasteiger partial charge < -0.3 is 4.90 Å². The highest BCUT2D eigenvalue weighted by Gasteiger charge is 2.35. The number of amides is 1. The number of nitrogens with zero attached hydrogens (tertiary/aromatic N) is 4. The third kappa shape index (κ3) is 2.52. The van der Waals surface area contributed by atoms with Crippen LogP contribution in [0.25, 0.3) is 0 Å². The second-order valence-electron chi connectivity index (χ2n) is 6.27. The van der Waals surface area contributed by atoms with Crippen molar-refractivity contribution in [2.24, 2.45) is 5.92 Å². The van der Waals surface area contributed by atoms with Crippen molar-refractivity contribution in [2.75, 3.05) is 31.1 Å². The Labute approximate surface area is 130 Å². The molecule has 2 aromatic rings. The fourth-order valence-corrected chi connectivity index (χ4v) is 3.48. The van der Waals surface area contributed by atoms with E-state index in [9.17, 15) is 4.79 Å². The van der Waals surface area contributed by atoms with Crippen LogP contribution in [0.2, 0.25) is 0 Å². The van der Waals surface area contributed by atoms with Gasteiger partial charge in [0.15, 0.2) is 0 Å². The van der Waals surface area contributed by atoms with Gasteiger partial charge >= 0.3 is 0 Å². The second kappa shape index (κ2) is 5.57. The number of para-hydroxylation sites is 1. The van der Waals surface area contributed by atoms with Crippen molar-refractivity contribution >= 4 is 11.6 Å². The molecule has 2 fully saturated rings. The molecule has 5 heteroatoms. The molecule has 1 aromatic carbocycles. The van der Waals surface area contributed by atoms with Gasteiger partial charge in [0, 0.05) is 50.7 Å². The van der Waals surface area contributed by atoms with Crippen LogP contribution in [0, 0.1) is 5.92 Å². The van der Waals surface area contributed by atoms with E-state index >= 15 is 0 Å². The van der Waals surface area contributed by atoms with Gasteiger partial charge in [-0.3, -0.25) is 14.4 Å². The van der Waals surface area contributed by atoms with Crippen molar-refractivity contribution < 1.29 is 4.79 Å². The quantitative estimate of drug-likeness (QED) is 0.864. The van der Waals surface area contributed by atoms with Gasteiger partial charge in [0.2, 0.25) is 5.91 Å². The summed E-state index contributed by atoms with van der Waals surface area (Å²) in [7, 11) is 0. The van der Waals surface area contributed by atoms with Crippen molar-refractivity contribution in [3.05, 3.63) is 48.8 Å². The molecule has 2 saturated heterocycles. The highest BCUT2D eigenvalue weighted by molar-refractivity contribution is 5.95. The number of aromatic nitrogens is 2. The molecular formula is C17H20N4O. The molecule has 1 aromatic heterocycles. The van der Waals surface area contributed by atoms with Crippen LogP contribution in [0.1, 0.15) is 12.5 Å². The molecular weight excluding hydrogens is 276 g/mol. The Balaban J connectivity index is 1.31. The van der Waals surface area contributed by atoms with Crippen LogP contribution in [0.3, 0.4) is 0 Å². The average molecular weight is 296 g/mol. The fourth-order valence-electron chi connectivity index (χ4n) is 3.48. The molecule has 1 amide bonds. The molecule has 0 bridgehead atoms. The van der Waals surface area contributed by atoms with Gasteiger partial charge in [-0.25, -0.2) is 0 Å². The van der Waals surface area contributed by atoms with Crippen LogP contribution in [-0.4, -0.2) is 46.8 Å². The molecule has 2 aliphatic heterocycles. The molecule has 1 atom stereocenters. The molecule has 2 aliphatic rings. The molecule has 22 heavy (non-hydrogen) atoms. The number of carbonyl (C=O) groups is 1. The van der Waals surface area contributed by atoms with Gasteiger partial charge in [0.05, 0.1) is 6.04 Å². The molecule has 0 radical (unpaired) electrons. The van der Waals surface area contributed by atoms with Gasteiger partial charge in [-0.05, 0) is 24.1 Å². The number of hydrogen-bond donors (Lipinski definition) is 0. The zero-order chi connectivity index (χ0) is 14.9. The predicted molar refractivity (Wildman–Crippen MR) is 84.6 cm³/mol. The predicted octanol–water partition coefficient (Wildman–Crippen LogP) is 1.79. The van der Waals surface area contributed by atoms with Crippen LogP contribution >= 0.6 is 0 Å². The zero-order valence-electron chi connectivity index (χ0n) is 12.5. The summed E-state index contributed by atoms with van der Waals surface area (Å²) in [5, 5.41) is 4.30. The summed E-state index contributed by atoms with van der Waals surface area (Å²) < 4.78 is 2.03. The minimum absolute atomic E-state index is 0.250. The van der Waals surface area contributed by atoms with E-state index in [0.29, 0.717) is 18.4 Å². The SMILES string of the molecule is O=C1C[C@@H](CN2CC(n3cccn3)C2)CN1c1ccccc1. The van der Waals surface area contributed by atoms with E-state index in [2.05, 4.69) is 10.00 Å².